The van der Waals surface area contributed by atoms with Gasteiger partial charge in [0, 0.05) is 23.6 Å². The first-order chi connectivity index (χ1) is 18.5. The molecule has 0 heterocycles. The maximum Gasteiger partial charge on any atom is 0.264 e. The van der Waals surface area contributed by atoms with Gasteiger partial charge >= 0.3 is 0 Å². The van der Waals surface area contributed by atoms with E-state index in [2.05, 4.69) is 5.32 Å². The largest absolute Gasteiger partial charge is 0.497 e. The second-order valence-corrected chi connectivity index (χ2v) is 11.6. The van der Waals surface area contributed by atoms with Crippen molar-refractivity contribution < 1.29 is 22.7 Å². The topological polar surface area (TPSA) is 96.0 Å². The van der Waals surface area contributed by atoms with Gasteiger partial charge in [0.15, 0.2) is 0 Å². The van der Waals surface area contributed by atoms with E-state index in [0.29, 0.717) is 17.7 Å². The Morgan fingerprint density at radius 2 is 1.64 bits per heavy atom. The molecule has 11 heteroatoms. The number of rotatable bonds is 11. The lowest BCUT2D eigenvalue weighted by molar-refractivity contribution is -0.140. The number of carbonyl (C=O) groups is 2. The van der Waals surface area contributed by atoms with Gasteiger partial charge < -0.3 is 15.0 Å². The van der Waals surface area contributed by atoms with E-state index in [1.54, 1.807) is 43.3 Å². The lowest BCUT2D eigenvalue weighted by Crippen LogP contribution is -2.51. The number of hydrogen-bond donors (Lipinski definition) is 1. The molecule has 0 saturated heterocycles. The minimum Gasteiger partial charge on any atom is -0.497 e. The molecular formula is C28H31Cl2N3O5S. The Balaban J connectivity index is 2.10. The summed E-state index contributed by atoms with van der Waals surface area (Å²) in [5.74, 6) is -0.363. The van der Waals surface area contributed by atoms with Crippen LogP contribution in [0.5, 0.6) is 5.75 Å². The van der Waals surface area contributed by atoms with Crippen molar-refractivity contribution in [3.8, 4) is 5.75 Å². The van der Waals surface area contributed by atoms with Crippen LogP contribution in [-0.2, 0) is 26.2 Å². The first-order valence-corrected chi connectivity index (χ1v) is 14.4. The van der Waals surface area contributed by atoms with Crippen LogP contribution in [0.25, 0.3) is 0 Å². The third-order valence-electron chi connectivity index (χ3n) is 6.14. The molecule has 0 fully saturated rings. The number of amides is 2. The van der Waals surface area contributed by atoms with Gasteiger partial charge in [-0.15, -0.1) is 0 Å². The molecule has 1 N–H and O–H groups in total. The van der Waals surface area contributed by atoms with Crippen molar-refractivity contribution >= 4 is 50.7 Å². The van der Waals surface area contributed by atoms with Gasteiger partial charge in [0.25, 0.3) is 10.0 Å². The van der Waals surface area contributed by atoms with Crippen LogP contribution in [0, 0.1) is 6.92 Å². The van der Waals surface area contributed by atoms with E-state index >= 15 is 0 Å². The number of hydrogen-bond acceptors (Lipinski definition) is 5. The summed E-state index contributed by atoms with van der Waals surface area (Å²) in [7, 11) is -1.21. The van der Waals surface area contributed by atoms with Gasteiger partial charge in [-0.1, -0.05) is 60.0 Å². The first kappa shape index (κ1) is 30.3. The van der Waals surface area contributed by atoms with Gasteiger partial charge in [0.1, 0.15) is 18.3 Å². The van der Waals surface area contributed by atoms with Crippen LogP contribution in [-0.4, -0.2) is 51.9 Å². The number of nitrogens with one attached hydrogen (secondary N) is 1. The van der Waals surface area contributed by atoms with Crippen molar-refractivity contribution in [3.05, 3.63) is 87.9 Å². The lowest BCUT2D eigenvalue weighted by Gasteiger charge is -2.33. The first-order valence-electron chi connectivity index (χ1n) is 12.2. The number of anilines is 1. The van der Waals surface area contributed by atoms with Crippen molar-refractivity contribution in [2.24, 2.45) is 0 Å². The number of halogens is 2. The van der Waals surface area contributed by atoms with Crippen molar-refractivity contribution in [2.45, 2.75) is 37.8 Å². The molecule has 39 heavy (non-hydrogen) atoms. The molecule has 0 aliphatic rings. The molecule has 8 nitrogen and oxygen atoms in total. The molecule has 0 saturated carbocycles. The molecule has 0 aliphatic carbocycles. The van der Waals surface area contributed by atoms with Crippen LogP contribution < -0.4 is 14.4 Å². The Kier molecular flexibility index (Phi) is 10.2. The third kappa shape index (κ3) is 7.44. The van der Waals surface area contributed by atoms with Crippen molar-refractivity contribution in [1.29, 1.82) is 0 Å². The van der Waals surface area contributed by atoms with E-state index in [1.165, 1.54) is 49.4 Å². The summed E-state index contributed by atoms with van der Waals surface area (Å²) in [4.78, 5) is 28.1. The normalized spacial score (nSPS) is 11.9. The zero-order valence-corrected chi connectivity index (χ0v) is 24.5. The number of carbonyl (C=O) groups excluding carboxylic acids is 2. The molecular weight excluding hydrogens is 561 g/mol. The fraction of sp³-hybridized carbons (Fsp3) is 0.286. The van der Waals surface area contributed by atoms with Gasteiger partial charge in [-0.25, -0.2) is 8.42 Å². The van der Waals surface area contributed by atoms with Crippen LogP contribution >= 0.6 is 23.2 Å². The zero-order valence-electron chi connectivity index (χ0n) is 22.1. The van der Waals surface area contributed by atoms with Crippen molar-refractivity contribution in [3.63, 3.8) is 0 Å². The minimum absolute atomic E-state index is 0.00492. The van der Waals surface area contributed by atoms with E-state index < -0.39 is 28.5 Å². The van der Waals surface area contributed by atoms with Gasteiger partial charge in [0.2, 0.25) is 11.8 Å². The maximum absolute atomic E-state index is 14.0. The molecule has 0 radical (unpaired) electrons. The smallest absolute Gasteiger partial charge is 0.264 e. The minimum atomic E-state index is -4.23. The number of aryl methyl sites for hydroxylation is 1. The molecule has 0 aliphatic heterocycles. The summed E-state index contributed by atoms with van der Waals surface area (Å²) in [5.41, 5.74) is 1.71. The summed E-state index contributed by atoms with van der Waals surface area (Å²) < 4.78 is 34.0. The number of likely N-dealkylation sites (N-methyl/N-ethyl adjacent to an activating group) is 1. The molecule has 3 rings (SSSR count). The van der Waals surface area contributed by atoms with Gasteiger partial charge in [-0.3, -0.25) is 13.9 Å². The summed E-state index contributed by atoms with van der Waals surface area (Å²) in [6.45, 7) is 3.08. The Morgan fingerprint density at radius 3 is 2.21 bits per heavy atom. The highest BCUT2D eigenvalue weighted by Crippen LogP contribution is 2.30. The molecule has 0 unspecified atom stereocenters. The summed E-state index contributed by atoms with van der Waals surface area (Å²) >= 11 is 12.4. The van der Waals surface area contributed by atoms with Gasteiger partial charge in [-0.05, 0) is 61.4 Å². The molecule has 3 aromatic carbocycles. The van der Waals surface area contributed by atoms with E-state index in [4.69, 9.17) is 27.9 Å². The summed E-state index contributed by atoms with van der Waals surface area (Å²) in [6, 6.07) is 16.9. The molecule has 3 aromatic rings. The molecule has 1 atom stereocenters. The average molecular weight is 593 g/mol. The van der Waals surface area contributed by atoms with Crippen molar-refractivity contribution in [2.75, 3.05) is 25.0 Å². The quantitative estimate of drug-likeness (QED) is 0.336. The fourth-order valence-electron chi connectivity index (χ4n) is 4.10. The van der Waals surface area contributed by atoms with E-state index in [0.717, 1.165) is 9.87 Å². The summed E-state index contributed by atoms with van der Waals surface area (Å²) in [5, 5.41) is 3.01. The van der Waals surface area contributed by atoms with Crippen LogP contribution in [0.2, 0.25) is 10.0 Å². The molecule has 0 spiro atoms. The van der Waals surface area contributed by atoms with Crippen LogP contribution in [0.15, 0.2) is 71.6 Å². The van der Waals surface area contributed by atoms with Crippen molar-refractivity contribution in [1.82, 2.24) is 10.2 Å². The van der Waals surface area contributed by atoms with E-state index in [9.17, 15) is 18.0 Å². The lowest BCUT2D eigenvalue weighted by atomic mass is 10.1. The highest BCUT2D eigenvalue weighted by molar-refractivity contribution is 7.92. The molecule has 0 aromatic heterocycles. The Morgan fingerprint density at radius 1 is 1.00 bits per heavy atom. The summed E-state index contributed by atoms with van der Waals surface area (Å²) in [6.07, 6.45) is 0.309. The van der Waals surface area contributed by atoms with Crippen LogP contribution in [0.1, 0.15) is 24.5 Å². The average Bonchev–Trinajstić information content (AvgIpc) is 2.90. The monoisotopic (exact) mass is 591 g/mol. The number of ether oxygens (including phenoxy) is 1. The number of methoxy groups -OCH3 is 1. The van der Waals surface area contributed by atoms with E-state index in [-0.39, 0.29) is 33.1 Å². The molecule has 0 bridgehead atoms. The van der Waals surface area contributed by atoms with Gasteiger partial charge in [-0.2, -0.15) is 0 Å². The highest BCUT2D eigenvalue weighted by atomic mass is 35.5. The Labute approximate surface area is 239 Å². The molecule has 208 valence electrons. The third-order valence-corrected chi connectivity index (χ3v) is 8.37. The standard InChI is InChI=1S/C28H31Cl2N3O5S/c1-5-26(28(35)31-3)32(17-20-7-6-8-24(13-20)38-4)27(34)18-33(23-15-21(29)14-22(30)16-23)39(36,37)25-11-9-19(2)10-12-25/h6-16,26H,5,17-18H2,1-4H3,(H,31,35)/t26-/m0/s1. The number of nitrogens with zero attached hydrogens (tertiary/aromatic N) is 2. The highest BCUT2D eigenvalue weighted by Gasteiger charge is 2.33. The predicted molar refractivity (Wildman–Crippen MR) is 154 cm³/mol. The Bertz CT molecular complexity index is 1410. The van der Waals surface area contributed by atoms with E-state index in [1.807, 2.05) is 6.92 Å². The number of benzene rings is 3. The SMILES string of the molecule is CC[C@@H](C(=O)NC)N(Cc1cccc(OC)c1)C(=O)CN(c1cc(Cl)cc(Cl)c1)S(=O)(=O)c1ccc(C)cc1. The zero-order chi connectivity index (χ0) is 28.7. The number of sulfonamides is 1. The van der Waals surface area contributed by atoms with Gasteiger partial charge in [0.05, 0.1) is 17.7 Å². The Hall–Kier alpha value is -3.27. The second kappa shape index (κ2) is 13.2. The second-order valence-electron chi connectivity index (χ2n) is 8.86. The maximum atomic E-state index is 14.0. The van der Waals surface area contributed by atoms with Crippen LogP contribution in [0.4, 0.5) is 5.69 Å². The predicted octanol–water partition coefficient (Wildman–Crippen LogP) is 5.06. The molecule has 2 amide bonds. The van der Waals surface area contributed by atoms with Crippen LogP contribution in [0.3, 0.4) is 0 Å². The fourth-order valence-corrected chi connectivity index (χ4v) is 6.02.